The van der Waals surface area contributed by atoms with Gasteiger partial charge in [0.05, 0.1) is 18.8 Å². The van der Waals surface area contributed by atoms with Crippen LogP contribution in [0.25, 0.3) is 0 Å². The number of aromatic nitrogens is 3. The lowest BCUT2D eigenvalue weighted by atomic mass is 9.90. The van der Waals surface area contributed by atoms with Gasteiger partial charge in [0.15, 0.2) is 5.82 Å². The van der Waals surface area contributed by atoms with Gasteiger partial charge in [0.1, 0.15) is 5.75 Å². The molecule has 0 saturated heterocycles. The summed E-state index contributed by atoms with van der Waals surface area (Å²) in [5.41, 5.74) is 8.19. The summed E-state index contributed by atoms with van der Waals surface area (Å²) in [6, 6.07) is 8.23. The maximum absolute atomic E-state index is 6.01. The molecular weight excluding hydrogens is 264 g/mol. The average molecular weight is 286 g/mol. The molecule has 0 saturated carbocycles. The number of ether oxygens (including phenoxy) is 1. The van der Waals surface area contributed by atoms with Gasteiger partial charge in [-0.2, -0.15) is 0 Å². The van der Waals surface area contributed by atoms with Crippen molar-refractivity contribution in [3.8, 4) is 5.75 Å². The van der Waals surface area contributed by atoms with Crippen LogP contribution in [0, 0.1) is 0 Å². The molecule has 1 atom stereocenters. The topological polar surface area (TPSA) is 66.0 Å². The van der Waals surface area contributed by atoms with Crippen LogP contribution in [0.3, 0.4) is 0 Å². The van der Waals surface area contributed by atoms with E-state index in [1.54, 1.807) is 0 Å². The molecule has 2 heterocycles. The highest BCUT2D eigenvalue weighted by molar-refractivity contribution is 5.40. The Kier molecular flexibility index (Phi) is 3.35. The van der Waals surface area contributed by atoms with Gasteiger partial charge >= 0.3 is 0 Å². The van der Waals surface area contributed by atoms with Crippen molar-refractivity contribution in [1.82, 2.24) is 15.0 Å². The summed E-state index contributed by atoms with van der Waals surface area (Å²) in [4.78, 5) is 0. The Morgan fingerprint density at radius 3 is 2.86 bits per heavy atom. The van der Waals surface area contributed by atoms with Crippen LogP contribution >= 0.6 is 0 Å². The highest BCUT2D eigenvalue weighted by Gasteiger charge is 2.28. The molecule has 0 radical (unpaired) electrons. The number of nitrogen functional groups attached to an aromatic ring is 1. The third kappa shape index (κ3) is 2.60. The quantitative estimate of drug-likeness (QED) is 0.922. The molecule has 3 rings (SSSR count). The predicted octanol–water partition coefficient (Wildman–Crippen LogP) is 2.72. The summed E-state index contributed by atoms with van der Waals surface area (Å²) >= 11 is 0. The number of hydrogen-bond donors (Lipinski definition) is 1. The fraction of sp³-hybridized carbons (Fsp3) is 0.500. The van der Waals surface area contributed by atoms with Crippen LogP contribution < -0.4 is 10.5 Å². The lowest BCUT2D eigenvalue weighted by molar-refractivity contribution is 0.254. The van der Waals surface area contributed by atoms with Gasteiger partial charge in [0.25, 0.3) is 0 Å². The number of nitrogens with zero attached hydrogens (tertiary/aromatic N) is 3. The van der Waals surface area contributed by atoms with Crippen LogP contribution in [-0.2, 0) is 12.0 Å². The predicted molar refractivity (Wildman–Crippen MR) is 82.4 cm³/mol. The molecular formula is C16H22N4O. The third-order valence-corrected chi connectivity index (χ3v) is 3.95. The van der Waals surface area contributed by atoms with Gasteiger partial charge in [-0.1, -0.05) is 44.2 Å². The molecule has 1 unspecified atom stereocenters. The zero-order valence-corrected chi connectivity index (χ0v) is 12.8. The summed E-state index contributed by atoms with van der Waals surface area (Å²) in [5.74, 6) is 1.90. The molecule has 0 fully saturated rings. The molecule has 0 bridgehead atoms. The minimum Gasteiger partial charge on any atom is -0.493 e. The maximum atomic E-state index is 6.01. The van der Waals surface area contributed by atoms with Crippen molar-refractivity contribution in [1.29, 1.82) is 0 Å². The number of para-hydroxylation sites is 1. The van der Waals surface area contributed by atoms with E-state index in [2.05, 4.69) is 43.2 Å². The van der Waals surface area contributed by atoms with Crippen molar-refractivity contribution in [3.63, 3.8) is 0 Å². The number of anilines is 1. The van der Waals surface area contributed by atoms with Crippen LogP contribution in [0.2, 0.25) is 0 Å². The molecule has 2 aromatic rings. The molecule has 1 aliphatic heterocycles. The van der Waals surface area contributed by atoms with Crippen LogP contribution in [0.5, 0.6) is 5.75 Å². The number of benzene rings is 1. The van der Waals surface area contributed by atoms with Crippen LogP contribution in [0.4, 0.5) is 5.82 Å². The SMILES string of the molecule is CC(C)(C)c1c(N)nnn1CC1CCOc2ccccc21. The highest BCUT2D eigenvalue weighted by Crippen LogP contribution is 2.35. The monoisotopic (exact) mass is 286 g/mol. The molecule has 21 heavy (non-hydrogen) atoms. The van der Waals surface area contributed by atoms with Gasteiger partial charge in [-0.3, -0.25) is 0 Å². The van der Waals surface area contributed by atoms with Crippen molar-refractivity contribution in [2.45, 2.75) is 45.1 Å². The number of hydrogen-bond acceptors (Lipinski definition) is 4. The van der Waals surface area contributed by atoms with E-state index in [1.165, 1.54) is 5.56 Å². The first kappa shape index (κ1) is 13.9. The van der Waals surface area contributed by atoms with Crippen LogP contribution in [-0.4, -0.2) is 21.6 Å². The van der Waals surface area contributed by atoms with E-state index in [0.29, 0.717) is 11.7 Å². The first-order chi connectivity index (χ1) is 9.97. The average Bonchev–Trinajstić information content (AvgIpc) is 2.80. The zero-order valence-electron chi connectivity index (χ0n) is 12.8. The van der Waals surface area contributed by atoms with E-state index in [4.69, 9.17) is 10.5 Å². The van der Waals surface area contributed by atoms with Gasteiger partial charge in [0.2, 0.25) is 0 Å². The highest BCUT2D eigenvalue weighted by atomic mass is 16.5. The zero-order chi connectivity index (χ0) is 15.0. The molecule has 5 nitrogen and oxygen atoms in total. The second kappa shape index (κ2) is 5.06. The Bertz CT molecular complexity index is 642. The molecule has 2 N–H and O–H groups in total. The molecule has 112 valence electrons. The van der Waals surface area contributed by atoms with E-state index < -0.39 is 0 Å². The summed E-state index contributed by atoms with van der Waals surface area (Å²) in [6.45, 7) is 7.94. The Balaban J connectivity index is 1.93. The fourth-order valence-electron chi connectivity index (χ4n) is 3.04. The Labute approximate surface area is 125 Å². The molecule has 1 aliphatic rings. The van der Waals surface area contributed by atoms with Crippen molar-refractivity contribution in [3.05, 3.63) is 35.5 Å². The second-order valence-corrected chi connectivity index (χ2v) is 6.63. The van der Waals surface area contributed by atoms with Gasteiger partial charge in [-0.25, -0.2) is 4.68 Å². The smallest absolute Gasteiger partial charge is 0.169 e. The van der Waals surface area contributed by atoms with Crippen molar-refractivity contribution >= 4 is 5.82 Å². The van der Waals surface area contributed by atoms with Crippen molar-refractivity contribution in [2.24, 2.45) is 0 Å². The second-order valence-electron chi connectivity index (χ2n) is 6.63. The molecule has 1 aromatic carbocycles. The van der Waals surface area contributed by atoms with Crippen LogP contribution in [0.1, 0.15) is 44.4 Å². The standard InChI is InChI=1S/C16H22N4O/c1-16(2,3)14-15(17)18-19-20(14)10-11-8-9-21-13-7-5-4-6-12(11)13/h4-7,11H,8-10,17H2,1-3H3. The summed E-state index contributed by atoms with van der Waals surface area (Å²) < 4.78 is 7.68. The number of nitrogens with two attached hydrogens (primary N) is 1. The summed E-state index contributed by atoms with van der Waals surface area (Å²) in [6.07, 6.45) is 0.986. The maximum Gasteiger partial charge on any atom is 0.169 e. The minimum atomic E-state index is -0.0712. The number of rotatable bonds is 2. The lowest BCUT2D eigenvalue weighted by Crippen LogP contribution is -2.24. The van der Waals surface area contributed by atoms with E-state index in [1.807, 2.05) is 16.8 Å². The molecule has 0 spiro atoms. The molecule has 0 amide bonds. The summed E-state index contributed by atoms with van der Waals surface area (Å²) in [5, 5.41) is 8.31. The van der Waals surface area contributed by atoms with E-state index in [-0.39, 0.29) is 5.41 Å². The van der Waals surface area contributed by atoms with Gasteiger partial charge in [-0.15, -0.1) is 5.10 Å². The number of fused-ring (bicyclic) bond motifs is 1. The normalized spacial score (nSPS) is 18.1. The Morgan fingerprint density at radius 1 is 1.33 bits per heavy atom. The third-order valence-electron chi connectivity index (χ3n) is 3.95. The van der Waals surface area contributed by atoms with Gasteiger partial charge in [-0.05, 0) is 18.1 Å². The van der Waals surface area contributed by atoms with Crippen molar-refractivity contribution in [2.75, 3.05) is 12.3 Å². The van der Waals surface area contributed by atoms with Gasteiger partial charge < -0.3 is 10.5 Å². The fourth-order valence-corrected chi connectivity index (χ4v) is 3.04. The lowest BCUT2D eigenvalue weighted by Gasteiger charge is -2.27. The van der Waals surface area contributed by atoms with Crippen LogP contribution in [0.15, 0.2) is 24.3 Å². The van der Waals surface area contributed by atoms with E-state index in [9.17, 15) is 0 Å². The molecule has 0 aliphatic carbocycles. The minimum absolute atomic E-state index is 0.0712. The first-order valence-electron chi connectivity index (χ1n) is 7.38. The largest absolute Gasteiger partial charge is 0.493 e. The Hall–Kier alpha value is -2.04. The Morgan fingerprint density at radius 2 is 2.10 bits per heavy atom. The van der Waals surface area contributed by atoms with Gasteiger partial charge in [0, 0.05) is 11.3 Å². The van der Waals surface area contributed by atoms with Crippen molar-refractivity contribution < 1.29 is 4.74 Å². The summed E-state index contributed by atoms with van der Waals surface area (Å²) in [7, 11) is 0. The molecule has 5 heteroatoms. The molecule has 1 aromatic heterocycles. The first-order valence-corrected chi connectivity index (χ1v) is 7.38. The van der Waals surface area contributed by atoms with E-state index >= 15 is 0 Å². The van der Waals surface area contributed by atoms with E-state index in [0.717, 1.165) is 31.0 Å².